The largest absolute Gasteiger partial charge is 0.312 e. The van der Waals surface area contributed by atoms with Crippen LogP contribution in [0.15, 0.2) is 35.1 Å². The van der Waals surface area contributed by atoms with Crippen LogP contribution in [0.2, 0.25) is 0 Å². The van der Waals surface area contributed by atoms with Crippen molar-refractivity contribution in [3.63, 3.8) is 0 Å². The molecule has 1 unspecified atom stereocenters. The smallest absolute Gasteiger partial charge is 0.252 e. The van der Waals surface area contributed by atoms with Crippen LogP contribution in [0.1, 0.15) is 28.9 Å². The third-order valence-corrected chi connectivity index (χ3v) is 5.44. The first-order chi connectivity index (χ1) is 14.7. The number of aromatic nitrogens is 4. The van der Waals surface area contributed by atoms with Crippen LogP contribution in [0.4, 0.5) is 11.5 Å². The molecule has 1 fully saturated rings. The molecule has 160 valence electrons. The van der Waals surface area contributed by atoms with Crippen molar-refractivity contribution in [2.45, 2.75) is 34.1 Å². The van der Waals surface area contributed by atoms with E-state index in [0.717, 1.165) is 16.8 Å². The van der Waals surface area contributed by atoms with E-state index >= 15 is 0 Å². The van der Waals surface area contributed by atoms with Crippen molar-refractivity contribution >= 4 is 23.3 Å². The van der Waals surface area contributed by atoms with Gasteiger partial charge in [0.25, 0.3) is 5.56 Å². The number of hydrogen-bond donors (Lipinski definition) is 2. The summed E-state index contributed by atoms with van der Waals surface area (Å²) in [6, 6.07) is 8.91. The van der Waals surface area contributed by atoms with Gasteiger partial charge in [0.15, 0.2) is 0 Å². The number of H-pyrrole nitrogens is 1. The first kappa shape index (κ1) is 20.5. The van der Waals surface area contributed by atoms with Gasteiger partial charge in [-0.15, -0.1) is 0 Å². The van der Waals surface area contributed by atoms with Crippen LogP contribution in [0.5, 0.6) is 0 Å². The zero-order valence-electron chi connectivity index (χ0n) is 17.9. The standard InChI is InChI=1S/C22H24N6O3/c1-12-5-6-17(7-13(12)2)27-11-16(10-20(27)30)21(31)24-18-8-15(4)26-28(18)22-23-14(3)9-19(29)25-22/h5-9,16H,10-11H2,1-4H3,(H,24,31)(H,23,25,29). The Kier molecular flexibility index (Phi) is 5.18. The fraction of sp³-hybridized carbons (Fsp3) is 0.318. The summed E-state index contributed by atoms with van der Waals surface area (Å²) in [7, 11) is 0. The van der Waals surface area contributed by atoms with E-state index < -0.39 is 5.92 Å². The third kappa shape index (κ3) is 4.11. The zero-order chi connectivity index (χ0) is 22.3. The van der Waals surface area contributed by atoms with E-state index in [0.29, 0.717) is 23.8 Å². The van der Waals surface area contributed by atoms with Crippen LogP contribution in [0, 0.1) is 33.6 Å². The van der Waals surface area contributed by atoms with Crippen molar-refractivity contribution in [2.75, 3.05) is 16.8 Å². The number of carbonyl (C=O) groups is 2. The summed E-state index contributed by atoms with van der Waals surface area (Å²) in [5.41, 5.74) is 3.92. The molecule has 0 saturated carbocycles. The molecule has 0 bridgehead atoms. The van der Waals surface area contributed by atoms with Crippen molar-refractivity contribution in [1.29, 1.82) is 0 Å². The maximum absolute atomic E-state index is 13.0. The zero-order valence-corrected chi connectivity index (χ0v) is 17.9. The van der Waals surface area contributed by atoms with Crippen molar-refractivity contribution in [3.8, 4) is 5.95 Å². The predicted molar refractivity (Wildman–Crippen MR) is 116 cm³/mol. The van der Waals surface area contributed by atoms with E-state index in [1.165, 1.54) is 10.7 Å². The van der Waals surface area contributed by atoms with Gasteiger partial charge in [-0.3, -0.25) is 19.4 Å². The molecule has 9 heteroatoms. The van der Waals surface area contributed by atoms with E-state index in [1.54, 1.807) is 24.8 Å². The van der Waals surface area contributed by atoms with Crippen LogP contribution in [0.25, 0.3) is 5.95 Å². The van der Waals surface area contributed by atoms with Gasteiger partial charge < -0.3 is 10.2 Å². The minimum atomic E-state index is -0.498. The van der Waals surface area contributed by atoms with Crippen LogP contribution in [0.3, 0.4) is 0 Å². The number of nitrogens with one attached hydrogen (secondary N) is 2. The first-order valence-corrected chi connectivity index (χ1v) is 10.0. The van der Waals surface area contributed by atoms with E-state index in [4.69, 9.17) is 0 Å². The molecule has 2 N–H and O–H groups in total. The second-order valence-electron chi connectivity index (χ2n) is 7.96. The number of hydrogen-bond acceptors (Lipinski definition) is 5. The summed E-state index contributed by atoms with van der Waals surface area (Å²) in [4.78, 5) is 45.9. The lowest BCUT2D eigenvalue weighted by molar-refractivity contribution is -0.122. The Morgan fingerprint density at radius 2 is 1.84 bits per heavy atom. The SMILES string of the molecule is Cc1cc(=O)[nH]c(-n2nc(C)cc2NC(=O)C2CC(=O)N(c3ccc(C)c(C)c3)C2)n1. The number of aryl methyl sites for hydroxylation is 4. The second kappa shape index (κ2) is 7.82. The van der Waals surface area contributed by atoms with E-state index in [1.807, 2.05) is 32.0 Å². The highest BCUT2D eigenvalue weighted by atomic mass is 16.2. The maximum Gasteiger partial charge on any atom is 0.252 e. The Balaban J connectivity index is 1.55. The van der Waals surface area contributed by atoms with E-state index in [9.17, 15) is 14.4 Å². The van der Waals surface area contributed by atoms with E-state index in [-0.39, 0.29) is 29.7 Å². The highest BCUT2D eigenvalue weighted by molar-refractivity contribution is 6.03. The minimum absolute atomic E-state index is 0.0854. The monoisotopic (exact) mass is 420 g/mol. The van der Waals surface area contributed by atoms with Gasteiger partial charge in [0.2, 0.25) is 17.8 Å². The lowest BCUT2D eigenvalue weighted by atomic mass is 10.1. The fourth-order valence-electron chi connectivity index (χ4n) is 3.67. The average molecular weight is 420 g/mol. The summed E-state index contributed by atoms with van der Waals surface area (Å²) in [6.07, 6.45) is 0.130. The molecule has 2 amide bonds. The van der Waals surface area contributed by atoms with Gasteiger partial charge in [0.05, 0.1) is 11.6 Å². The average Bonchev–Trinajstić information content (AvgIpc) is 3.26. The highest BCUT2D eigenvalue weighted by Gasteiger charge is 2.35. The van der Waals surface area contributed by atoms with Crippen LogP contribution in [-0.2, 0) is 9.59 Å². The quantitative estimate of drug-likeness (QED) is 0.672. The highest BCUT2D eigenvalue weighted by Crippen LogP contribution is 2.28. The molecule has 1 aliphatic heterocycles. The molecule has 4 rings (SSSR count). The van der Waals surface area contributed by atoms with Crippen molar-refractivity contribution in [3.05, 3.63) is 63.2 Å². The summed E-state index contributed by atoms with van der Waals surface area (Å²) in [6.45, 7) is 7.80. The van der Waals surface area contributed by atoms with Crippen molar-refractivity contribution < 1.29 is 9.59 Å². The predicted octanol–water partition coefficient (Wildman–Crippen LogP) is 2.18. The van der Waals surface area contributed by atoms with E-state index in [2.05, 4.69) is 20.4 Å². The number of nitrogens with zero attached hydrogens (tertiary/aromatic N) is 4. The first-order valence-electron chi connectivity index (χ1n) is 10.0. The Morgan fingerprint density at radius 3 is 2.55 bits per heavy atom. The topological polar surface area (TPSA) is 113 Å². The summed E-state index contributed by atoms with van der Waals surface area (Å²) < 4.78 is 1.39. The number of rotatable bonds is 4. The summed E-state index contributed by atoms with van der Waals surface area (Å²) >= 11 is 0. The molecule has 1 saturated heterocycles. The number of amides is 2. The molecule has 3 aromatic rings. The molecular formula is C22H24N6O3. The lowest BCUT2D eigenvalue weighted by Gasteiger charge is -2.18. The van der Waals surface area contributed by atoms with Crippen molar-refractivity contribution in [2.24, 2.45) is 5.92 Å². The molecule has 0 aliphatic carbocycles. The molecule has 0 spiro atoms. The molecular weight excluding hydrogens is 396 g/mol. The third-order valence-electron chi connectivity index (χ3n) is 5.44. The van der Waals surface area contributed by atoms with Gasteiger partial charge in [-0.25, -0.2) is 4.98 Å². The van der Waals surface area contributed by atoms with Gasteiger partial charge in [0.1, 0.15) is 5.82 Å². The fourth-order valence-corrected chi connectivity index (χ4v) is 3.67. The molecule has 1 atom stereocenters. The molecule has 0 radical (unpaired) electrons. The number of benzene rings is 1. The Bertz CT molecular complexity index is 1240. The van der Waals surface area contributed by atoms with Gasteiger partial charge in [-0.2, -0.15) is 9.78 Å². The molecule has 9 nitrogen and oxygen atoms in total. The van der Waals surface area contributed by atoms with Gasteiger partial charge in [-0.1, -0.05) is 6.07 Å². The molecule has 1 aromatic carbocycles. The van der Waals surface area contributed by atoms with Gasteiger partial charge in [-0.05, 0) is 51.0 Å². The Labute approximate surface area is 179 Å². The Morgan fingerprint density at radius 1 is 1.06 bits per heavy atom. The number of aromatic amines is 1. The van der Waals surface area contributed by atoms with Crippen LogP contribution >= 0.6 is 0 Å². The van der Waals surface area contributed by atoms with Crippen LogP contribution < -0.4 is 15.8 Å². The normalized spacial score (nSPS) is 16.1. The minimum Gasteiger partial charge on any atom is -0.312 e. The summed E-state index contributed by atoms with van der Waals surface area (Å²) in [5.74, 6) is -0.267. The van der Waals surface area contributed by atoms with Crippen LogP contribution in [-0.4, -0.2) is 38.1 Å². The number of carbonyl (C=O) groups excluding carboxylic acids is 2. The Hall–Kier alpha value is -3.75. The van der Waals surface area contributed by atoms with Gasteiger partial charge >= 0.3 is 0 Å². The molecule has 1 aliphatic rings. The van der Waals surface area contributed by atoms with Gasteiger partial charge in [0, 0.05) is 36.5 Å². The second-order valence-corrected chi connectivity index (χ2v) is 7.96. The summed E-state index contributed by atoms with van der Waals surface area (Å²) in [5, 5.41) is 7.17. The lowest BCUT2D eigenvalue weighted by Crippen LogP contribution is -2.29. The van der Waals surface area contributed by atoms with Crippen molar-refractivity contribution in [1.82, 2.24) is 19.7 Å². The molecule has 2 aromatic heterocycles. The molecule has 31 heavy (non-hydrogen) atoms. The maximum atomic E-state index is 13.0. The number of anilines is 2. The molecule has 3 heterocycles.